The molecule has 1 heterocycles. The molecule has 0 spiro atoms. The van der Waals surface area contributed by atoms with Crippen LogP contribution in [0, 0.1) is 0 Å². The van der Waals surface area contributed by atoms with Gasteiger partial charge in [-0.1, -0.05) is 18.2 Å². The van der Waals surface area contributed by atoms with Gasteiger partial charge in [0.2, 0.25) is 0 Å². The predicted molar refractivity (Wildman–Crippen MR) is 68.5 cm³/mol. The molecule has 0 bridgehead atoms. The van der Waals surface area contributed by atoms with Gasteiger partial charge in [0.1, 0.15) is 0 Å². The molecule has 0 aromatic heterocycles. The van der Waals surface area contributed by atoms with E-state index < -0.39 is 0 Å². The van der Waals surface area contributed by atoms with Crippen LogP contribution < -0.4 is 10.6 Å². The fourth-order valence-corrected chi connectivity index (χ4v) is 2.43. The van der Waals surface area contributed by atoms with Crippen LogP contribution in [0.4, 0.5) is 0 Å². The number of hydrogen-bond donors (Lipinski definition) is 2. The van der Waals surface area contributed by atoms with Crippen LogP contribution in [0.3, 0.4) is 0 Å². The summed E-state index contributed by atoms with van der Waals surface area (Å²) in [4.78, 5) is 23.6. The fourth-order valence-electron chi connectivity index (χ4n) is 2.43. The molecule has 0 radical (unpaired) electrons. The Morgan fingerprint density at radius 1 is 1.06 bits per heavy atom. The summed E-state index contributed by atoms with van der Waals surface area (Å²) < 4.78 is 0. The highest BCUT2D eigenvalue weighted by atomic mass is 16.2. The molecule has 1 aliphatic rings. The molecule has 0 fully saturated rings. The number of benzene rings is 2. The topological polar surface area (TPSA) is 58.2 Å². The van der Waals surface area contributed by atoms with Crippen molar-refractivity contribution in [1.82, 2.24) is 10.6 Å². The van der Waals surface area contributed by atoms with E-state index >= 15 is 0 Å². The molecule has 0 aliphatic carbocycles. The van der Waals surface area contributed by atoms with Gasteiger partial charge in [0.05, 0.1) is 0 Å². The number of carbonyl (C=O) groups is 2. The van der Waals surface area contributed by atoms with E-state index in [9.17, 15) is 9.59 Å². The van der Waals surface area contributed by atoms with E-state index in [1.54, 1.807) is 12.1 Å². The van der Waals surface area contributed by atoms with Crippen molar-refractivity contribution in [2.75, 3.05) is 7.05 Å². The summed E-state index contributed by atoms with van der Waals surface area (Å²) in [5.74, 6) is -0.639. The van der Waals surface area contributed by atoms with Crippen LogP contribution in [0.25, 0.3) is 10.8 Å². The average molecular weight is 240 g/mol. The van der Waals surface area contributed by atoms with Crippen molar-refractivity contribution in [3.05, 3.63) is 47.0 Å². The van der Waals surface area contributed by atoms with Crippen molar-refractivity contribution in [1.29, 1.82) is 0 Å². The second-order valence-electron chi connectivity index (χ2n) is 4.31. The number of nitrogens with one attached hydrogen (secondary N) is 2. The second kappa shape index (κ2) is 3.92. The smallest absolute Gasteiger partial charge is 0.258 e. The number of amides is 2. The van der Waals surface area contributed by atoms with Crippen molar-refractivity contribution >= 4 is 22.6 Å². The zero-order valence-electron chi connectivity index (χ0n) is 9.91. The molecule has 0 atom stereocenters. The summed E-state index contributed by atoms with van der Waals surface area (Å²) in [6.07, 6.45) is 0. The third-order valence-electron chi connectivity index (χ3n) is 3.21. The molecular formula is C14H12N2O2. The van der Waals surface area contributed by atoms with Gasteiger partial charge in [0.15, 0.2) is 0 Å². The van der Waals surface area contributed by atoms with E-state index in [2.05, 4.69) is 10.6 Å². The van der Waals surface area contributed by atoms with E-state index in [-0.39, 0.29) is 11.8 Å². The van der Waals surface area contributed by atoms with Crippen molar-refractivity contribution in [2.45, 2.75) is 6.54 Å². The predicted octanol–water partition coefficient (Wildman–Crippen LogP) is 1.44. The first-order valence-electron chi connectivity index (χ1n) is 5.77. The van der Waals surface area contributed by atoms with Crippen LogP contribution in [0.1, 0.15) is 26.3 Å². The molecule has 18 heavy (non-hydrogen) atoms. The monoisotopic (exact) mass is 240 g/mol. The Morgan fingerprint density at radius 2 is 1.78 bits per heavy atom. The van der Waals surface area contributed by atoms with Crippen LogP contribution in [-0.4, -0.2) is 18.9 Å². The molecular weight excluding hydrogens is 228 g/mol. The van der Waals surface area contributed by atoms with Gasteiger partial charge in [-0.25, -0.2) is 0 Å². The van der Waals surface area contributed by atoms with E-state index in [0.717, 1.165) is 16.3 Å². The summed E-state index contributed by atoms with van der Waals surface area (Å²) in [7, 11) is 1.87. The highest BCUT2D eigenvalue weighted by molar-refractivity contribution is 6.25. The van der Waals surface area contributed by atoms with Crippen LogP contribution in [-0.2, 0) is 6.54 Å². The molecule has 2 N–H and O–H groups in total. The minimum Gasteiger partial charge on any atom is -0.316 e. The zero-order valence-corrected chi connectivity index (χ0v) is 9.91. The lowest BCUT2D eigenvalue weighted by Crippen LogP contribution is -2.34. The van der Waals surface area contributed by atoms with Gasteiger partial charge in [-0.05, 0) is 30.1 Å². The van der Waals surface area contributed by atoms with Crippen LogP contribution >= 0.6 is 0 Å². The number of imide groups is 1. The third kappa shape index (κ3) is 1.43. The Labute approximate surface area is 104 Å². The molecule has 2 amide bonds. The normalized spacial score (nSPS) is 13.8. The molecule has 90 valence electrons. The third-order valence-corrected chi connectivity index (χ3v) is 3.21. The standard InChI is InChI=1S/C14H12N2O2/c1-15-7-8-5-6-11-12-9(8)3-2-4-10(12)13(17)16-14(11)18/h2-6,15H,7H2,1H3,(H,16,17,18). The SMILES string of the molecule is CNCc1ccc2c3c(cccc13)C(=O)NC2=O. The maximum atomic E-state index is 11.8. The van der Waals surface area contributed by atoms with E-state index in [4.69, 9.17) is 0 Å². The van der Waals surface area contributed by atoms with Crippen LogP contribution in [0.5, 0.6) is 0 Å². The summed E-state index contributed by atoms with van der Waals surface area (Å²) in [6.45, 7) is 0.704. The molecule has 0 unspecified atom stereocenters. The Morgan fingerprint density at radius 3 is 2.50 bits per heavy atom. The van der Waals surface area contributed by atoms with Crippen LogP contribution in [0.15, 0.2) is 30.3 Å². The summed E-state index contributed by atoms with van der Waals surface area (Å²) >= 11 is 0. The lowest BCUT2D eigenvalue weighted by atomic mass is 9.92. The average Bonchev–Trinajstić information content (AvgIpc) is 2.37. The fraction of sp³-hybridized carbons (Fsp3) is 0.143. The molecule has 2 aromatic rings. The van der Waals surface area contributed by atoms with Crippen molar-refractivity contribution in [2.24, 2.45) is 0 Å². The van der Waals surface area contributed by atoms with E-state index in [1.165, 1.54) is 0 Å². The molecule has 3 rings (SSSR count). The van der Waals surface area contributed by atoms with Crippen molar-refractivity contribution in [3.63, 3.8) is 0 Å². The summed E-state index contributed by atoms with van der Waals surface area (Å²) in [5.41, 5.74) is 2.22. The lowest BCUT2D eigenvalue weighted by molar-refractivity contribution is 0.0845. The van der Waals surface area contributed by atoms with Gasteiger partial charge in [0, 0.05) is 23.1 Å². The summed E-state index contributed by atoms with van der Waals surface area (Å²) in [6, 6.07) is 9.24. The Kier molecular flexibility index (Phi) is 2.38. The minimum atomic E-state index is -0.320. The molecule has 0 saturated heterocycles. The van der Waals surface area contributed by atoms with Gasteiger partial charge < -0.3 is 5.32 Å². The number of hydrogen-bond acceptors (Lipinski definition) is 3. The second-order valence-corrected chi connectivity index (χ2v) is 4.31. The number of rotatable bonds is 2. The molecule has 4 heteroatoms. The van der Waals surface area contributed by atoms with Gasteiger partial charge in [-0.2, -0.15) is 0 Å². The Hall–Kier alpha value is -2.20. The largest absolute Gasteiger partial charge is 0.316 e. The Bertz CT molecular complexity index is 657. The number of carbonyl (C=O) groups excluding carboxylic acids is 2. The molecule has 2 aromatic carbocycles. The van der Waals surface area contributed by atoms with Gasteiger partial charge in [-0.3, -0.25) is 14.9 Å². The lowest BCUT2D eigenvalue weighted by Gasteiger charge is -2.18. The van der Waals surface area contributed by atoms with Crippen molar-refractivity contribution in [3.8, 4) is 0 Å². The maximum Gasteiger partial charge on any atom is 0.258 e. The highest BCUT2D eigenvalue weighted by Gasteiger charge is 2.25. The first-order valence-corrected chi connectivity index (χ1v) is 5.77. The highest BCUT2D eigenvalue weighted by Crippen LogP contribution is 2.29. The quantitative estimate of drug-likeness (QED) is 0.781. The first kappa shape index (κ1) is 10.9. The minimum absolute atomic E-state index is 0.320. The van der Waals surface area contributed by atoms with E-state index in [1.807, 2.05) is 25.2 Å². The van der Waals surface area contributed by atoms with Gasteiger partial charge in [-0.15, -0.1) is 0 Å². The molecule has 4 nitrogen and oxygen atoms in total. The van der Waals surface area contributed by atoms with E-state index in [0.29, 0.717) is 17.7 Å². The first-order chi connectivity index (χ1) is 8.72. The van der Waals surface area contributed by atoms with Gasteiger partial charge in [0.25, 0.3) is 11.8 Å². The maximum absolute atomic E-state index is 11.8. The zero-order chi connectivity index (χ0) is 12.7. The van der Waals surface area contributed by atoms with Gasteiger partial charge >= 0.3 is 0 Å². The van der Waals surface area contributed by atoms with Crippen LogP contribution in [0.2, 0.25) is 0 Å². The summed E-state index contributed by atoms with van der Waals surface area (Å²) in [5, 5.41) is 7.17. The molecule has 1 aliphatic heterocycles. The molecule has 0 saturated carbocycles. The Balaban J connectivity index is 2.41. The van der Waals surface area contributed by atoms with Crippen molar-refractivity contribution < 1.29 is 9.59 Å².